The number of amides is 1. The monoisotopic (exact) mass is 476 g/mol. The van der Waals surface area contributed by atoms with Crippen LogP contribution in [0.2, 0.25) is 0 Å². The summed E-state index contributed by atoms with van der Waals surface area (Å²) in [5, 5.41) is 3.09. The highest BCUT2D eigenvalue weighted by atomic mass is 32.1. The van der Waals surface area contributed by atoms with Crippen LogP contribution in [0.25, 0.3) is 10.4 Å². The number of nitrogens with zero attached hydrogens (tertiary/aromatic N) is 3. The first-order valence-corrected chi connectivity index (χ1v) is 10.2. The molecule has 3 aromatic rings. The van der Waals surface area contributed by atoms with Gasteiger partial charge >= 0.3 is 12.4 Å². The number of alkyl halides is 6. The van der Waals surface area contributed by atoms with E-state index in [0.29, 0.717) is 11.6 Å². The maximum Gasteiger partial charge on any atom is 0.435 e. The number of hydrogen-bond donors (Lipinski definition) is 1. The number of rotatable bonds is 2. The van der Waals surface area contributed by atoms with Crippen LogP contribution in [-0.4, -0.2) is 20.7 Å². The molecule has 0 spiro atoms. The van der Waals surface area contributed by atoms with Crippen molar-refractivity contribution < 1.29 is 31.1 Å². The van der Waals surface area contributed by atoms with Gasteiger partial charge in [0.1, 0.15) is 11.4 Å². The molecule has 0 aromatic carbocycles. The largest absolute Gasteiger partial charge is 0.435 e. The molecule has 0 fully saturated rings. The van der Waals surface area contributed by atoms with Crippen LogP contribution in [0.5, 0.6) is 0 Å². The van der Waals surface area contributed by atoms with Gasteiger partial charge in [-0.25, -0.2) is 0 Å². The van der Waals surface area contributed by atoms with Crippen molar-refractivity contribution in [1.29, 1.82) is 0 Å². The van der Waals surface area contributed by atoms with E-state index in [1.54, 1.807) is 17.4 Å². The predicted molar refractivity (Wildman–Crippen MR) is 106 cm³/mol. The molecule has 0 saturated carbocycles. The minimum Gasteiger partial charge on any atom is -0.364 e. The van der Waals surface area contributed by atoms with Crippen LogP contribution in [0, 0.1) is 0 Å². The molecule has 3 aromatic heterocycles. The SMILES string of the molecule is Cn1nc(C(F)(F)F)cc1C(N)=O.FC(F)(F)c1cc(-c2cc3c(s2)CCCC3)ccn1. The molecule has 12 heteroatoms. The molecule has 5 nitrogen and oxygen atoms in total. The Hall–Kier alpha value is -2.89. The molecule has 2 N–H and O–H groups in total. The van der Waals surface area contributed by atoms with E-state index in [4.69, 9.17) is 5.73 Å². The summed E-state index contributed by atoms with van der Waals surface area (Å²) < 4.78 is 74.8. The lowest BCUT2D eigenvalue weighted by Gasteiger charge is -2.08. The van der Waals surface area contributed by atoms with Crippen LogP contribution < -0.4 is 5.73 Å². The van der Waals surface area contributed by atoms with Gasteiger partial charge in [0, 0.05) is 29.1 Å². The standard InChI is InChI=1S/C14H12F3NS.C6H6F3N3O/c15-14(16,17)13-8-10(5-6-18-13)12-7-9-3-1-2-4-11(9)19-12;1-12-3(5(10)13)2-4(11-12)6(7,8)9/h5-8H,1-4H2;2H,1H3,(H2,10,13). The Labute approximate surface area is 182 Å². The number of aromatic nitrogens is 3. The quantitative estimate of drug-likeness (QED) is 0.514. The molecule has 1 aliphatic rings. The number of aryl methyl sites for hydroxylation is 3. The van der Waals surface area contributed by atoms with Gasteiger partial charge in [0.05, 0.1) is 0 Å². The minimum absolute atomic E-state index is 0.271. The Balaban J connectivity index is 0.000000195. The highest BCUT2D eigenvalue weighted by Crippen LogP contribution is 2.37. The third kappa shape index (κ3) is 5.47. The zero-order chi connectivity index (χ0) is 23.7. The Morgan fingerprint density at radius 2 is 1.69 bits per heavy atom. The zero-order valence-electron chi connectivity index (χ0n) is 16.7. The van der Waals surface area contributed by atoms with Crippen molar-refractivity contribution >= 4 is 17.2 Å². The van der Waals surface area contributed by atoms with Gasteiger partial charge in [-0.1, -0.05) is 0 Å². The lowest BCUT2D eigenvalue weighted by atomic mass is 9.99. The first kappa shape index (κ1) is 23.8. The molecule has 172 valence electrons. The van der Waals surface area contributed by atoms with Gasteiger partial charge in [-0.05, 0) is 55.0 Å². The van der Waals surface area contributed by atoms with E-state index in [-0.39, 0.29) is 5.69 Å². The Kier molecular flexibility index (Phi) is 6.63. The summed E-state index contributed by atoms with van der Waals surface area (Å²) >= 11 is 1.61. The average molecular weight is 476 g/mol. The van der Waals surface area contributed by atoms with E-state index in [1.807, 2.05) is 6.07 Å². The second-order valence-electron chi connectivity index (χ2n) is 7.09. The summed E-state index contributed by atoms with van der Waals surface area (Å²) in [5.41, 5.74) is 4.50. The number of primary amides is 1. The van der Waals surface area contributed by atoms with Crippen LogP contribution in [0.4, 0.5) is 26.3 Å². The maximum atomic E-state index is 12.7. The molecular formula is C20H18F6N4OS. The van der Waals surface area contributed by atoms with Gasteiger partial charge < -0.3 is 5.73 Å². The van der Waals surface area contributed by atoms with E-state index >= 15 is 0 Å². The lowest BCUT2D eigenvalue weighted by Crippen LogP contribution is -2.15. The highest BCUT2D eigenvalue weighted by molar-refractivity contribution is 7.15. The van der Waals surface area contributed by atoms with Crippen molar-refractivity contribution in [3.8, 4) is 10.4 Å². The van der Waals surface area contributed by atoms with E-state index in [9.17, 15) is 31.1 Å². The number of hydrogen-bond acceptors (Lipinski definition) is 4. The van der Waals surface area contributed by atoms with Crippen molar-refractivity contribution in [3.63, 3.8) is 0 Å². The molecule has 0 atom stereocenters. The minimum atomic E-state index is -4.55. The number of carbonyl (C=O) groups is 1. The molecule has 1 aliphatic carbocycles. The van der Waals surface area contributed by atoms with Gasteiger partial charge in [-0.2, -0.15) is 31.4 Å². The van der Waals surface area contributed by atoms with E-state index in [2.05, 4.69) is 10.1 Å². The number of pyridine rings is 1. The van der Waals surface area contributed by atoms with E-state index in [1.165, 1.54) is 36.5 Å². The number of fused-ring (bicyclic) bond motifs is 1. The van der Waals surface area contributed by atoms with Gasteiger partial charge in [0.25, 0.3) is 5.91 Å². The molecule has 4 rings (SSSR count). The summed E-state index contributed by atoms with van der Waals surface area (Å²) in [7, 11) is 1.22. The van der Waals surface area contributed by atoms with Gasteiger partial charge in [0.15, 0.2) is 5.69 Å². The van der Waals surface area contributed by atoms with Crippen molar-refractivity contribution in [3.05, 3.63) is 58.0 Å². The fourth-order valence-corrected chi connectivity index (χ4v) is 4.46. The zero-order valence-corrected chi connectivity index (χ0v) is 17.5. The highest BCUT2D eigenvalue weighted by Gasteiger charge is 2.35. The number of nitrogens with two attached hydrogens (primary N) is 1. The van der Waals surface area contributed by atoms with Crippen molar-refractivity contribution in [1.82, 2.24) is 14.8 Å². The molecule has 0 bridgehead atoms. The summed E-state index contributed by atoms with van der Waals surface area (Å²) in [4.78, 5) is 16.2. The summed E-state index contributed by atoms with van der Waals surface area (Å²) in [5.74, 6) is -0.939. The third-order valence-electron chi connectivity index (χ3n) is 4.75. The summed E-state index contributed by atoms with van der Waals surface area (Å²) in [6, 6.07) is 5.43. The second kappa shape index (κ2) is 8.93. The molecule has 0 aliphatic heterocycles. The first-order valence-electron chi connectivity index (χ1n) is 9.42. The summed E-state index contributed by atoms with van der Waals surface area (Å²) in [6.07, 6.45) is -3.25. The number of thiophene rings is 1. The second-order valence-corrected chi connectivity index (χ2v) is 8.23. The molecule has 0 saturated heterocycles. The molecule has 32 heavy (non-hydrogen) atoms. The maximum absolute atomic E-state index is 12.7. The van der Waals surface area contributed by atoms with Crippen LogP contribution in [0.15, 0.2) is 30.5 Å². The smallest absolute Gasteiger partial charge is 0.364 e. The van der Waals surface area contributed by atoms with Crippen LogP contribution in [-0.2, 0) is 32.2 Å². The third-order valence-corrected chi connectivity index (χ3v) is 6.04. The van der Waals surface area contributed by atoms with Gasteiger partial charge in [-0.3, -0.25) is 14.5 Å². The lowest BCUT2D eigenvalue weighted by molar-refractivity contribution is -0.142. The van der Waals surface area contributed by atoms with Crippen LogP contribution in [0.3, 0.4) is 0 Å². The van der Waals surface area contributed by atoms with Gasteiger partial charge in [0.2, 0.25) is 0 Å². The van der Waals surface area contributed by atoms with Crippen LogP contribution in [0.1, 0.15) is 45.2 Å². The molecule has 0 radical (unpaired) electrons. The number of halogens is 6. The van der Waals surface area contributed by atoms with Crippen LogP contribution >= 0.6 is 11.3 Å². The Bertz CT molecular complexity index is 1090. The normalized spacial score (nSPS) is 13.8. The first-order chi connectivity index (χ1) is 14.9. The van der Waals surface area contributed by atoms with E-state index in [0.717, 1.165) is 28.5 Å². The molecular weight excluding hydrogens is 458 g/mol. The predicted octanol–water partition coefficient (Wildman–Crippen LogP) is 5.25. The fraction of sp³-hybridized carbons (Fsp3) is 0.350. The van der Waals surface area contributed by atoms with Crippen molar-refractivity contribution in [2.24, 2.45) is 12.8 Å². The average Bonchev–Trinajstić information content (AvgIpc) is 3.31. The van der Waals surface area contributed by atoms with Crippen molar-refractivity contribution in [2.45, 2.75) is 38.0 Å². The fourth-order valence-electron chi connectivity index (χ4n) is 3.21. The topological polar surface area (TPSA) is 73.8 Å². The molecule has 3 heterocycles. The summed E-state index contributed by atoms with van der Waals surface area (Å²) in [6.45, 7) is 0. The molecule has 0 unspecified atom stereocenters. The Morgan fingerprint density at radius 3 is 2.22 bits per heavy atom. The Morgan fingerprint density at radius 1 is 1.03 bits per heavy atom. The van der Waals surface area contributed by atoms with Gasteiger partial charge in [-0.15, -0.1) is 11.3 Å². The van der Waals surface area contributed by atoms with E-state index < -0.39 is 29.6 Å². The van der Waals surface area contributed by atoms with Crippen molar-refractivity contribution in [2.75, 3.05) is 0 Å². The number of carbonyl (C=O) groups excluding carboxylic acids is 1. The molecule has 1 amide bonds.